The third kappa shape index (κ3) is 2.36. The van der Waals surface area contributed by atoms with E-state index in [1.807, 2.05) is 37.3 Å². The molecule has 0 aliphatic carbocycles. The molecule has 96 valence electrons. The van der Waals surface area contributed by atoms with E-state index in [4.69, 9.17) is 10.5 Å². The van der Waals surface area contributed by atoms with E-state index in [0.29, 0.717) is 12.4 Å². The van der Waals surface area contributed by atoms with Crippen LogP contribution in [0.1, 0.15) is 12.5 Å². The summed E-state index contributed by atoms with van der Waals surface area (Å²) in [6.07, 6.45) is -0.177. The van der Waals surface area contributed by atoms with Crippen molar-refractivity contribution >= 4 is 11.9 Å². The van der Waals surface area contributed by atoms with Crippen molar-refractivity contribution in [1.82, 2.24) is 4.90 Å². The molecule has 2 rings (SSSR count). The fraction of sp³-hybridized carbons (Fsp3) is 0.385. The van der Waals surface area contributed by atoms with Crippen molar-refractivity contribution in [1.29, 1.82) is 0 Å². The molecule has 0 aromatic heterocycles. The van der Waals surface area contributed by atoms with E-state index in [2.05, 4.69) is 4.99 Å². The summed E-state index contributed by atoms with van der Waals surface area (Å²) in [5, 5.41) is 0. The first-order chi connectivity index (χ1) is 8.63. The summed E-state index contributed by atoms with van der Waals surface area (Å²) >= 11 is 0. The molecule has 0 radical (unpaired) electrons. The minimum absolute atomic E-state index is 0.177. The fourth-order valence-electron chi connectivity index (χ4n) is 2.09. The highest BCUT2D eigenvalue weighted by atomic mass is 16.5. The summed E-state index contributed by atoms with van der Waals surface area (Å²) in [7, 11) is 1.60. The normalized spacial score (nSPS) is 21.0. The molecule has 1 aromatic rings. The summed E-state index contributed by atoms with van der Waals surface area (Å²) in [6, 6.07) is 9.17. The second kappa shape index (κ2) is 5.18. The van der Waals surface area contributed by atoms with Crippen LogP contribution in [0, 0.1) is 0 Å². The van der Waals surface area contributed by atoms with Gasteiger partial charge in [0.15, 0.2) is 0 Å². The molecule has 0 fully saturated rings. The molecule has 1 heterocycles. The smallest absolute Gasteiger partial charge is 0.346 e. The van der Waals surface area contributed by atoms with Gasteiger partial charge in [0.1, 0.15) is 11.9 Å². The summed E-state index contributed by atoms with van der Waals surface area (Å²) in [4.78, 5) is 17.3. The Morgan fingerprint density at radius 2 is 2.11 bits per heavy atom. The van der Waals surface area contributed by atoms with Crippen molar-refractivity contribution in [2.45, 2.75) is 25.6 Å². The quantitative estimate of drug-likeness (QED) is 0.874. The van der Waals surface area contributed by atoms with Gasteiger partial charge in [0.05, 0.1) is 6.10 Å². The number of hydrogen-bond donors (Lipinski definition) is 1. The highest BCUT2D eigenvalue weighted by Gasteiger charge is 2.37. The van der Waals surface area contributed by atoms with Crippen LogP contribution in [-0.2, 0) is 11.3 Å². The Morgan fingerprint density at radius 1 is 1.44 bits per heavy atom. The van der Waals surface area contributed by atoms with E-state index < -0.39 is 0 Å². The number of benzene rings is 1. The van der Waals surface area contributed by atoms with E-state index in [1.165, 1.54) is 0 Å². The number of nitrogens with zero attached hydrogens (tertiary/aromatic N) is 2. The highest BCUT2D eigenvalue weighted by molar-refractivity contribution is 6.03. The van der Waals surface area contributed by atoms with Gasteiger partial charge in [0, 0.05) is 13.7 Å². The predicted molar refractivity (Wildman–Crippen MR) is 69.3 cm³/mol. The van der Waals surface area contributed by atoms with Crippen LogP contribution in [0.4, 0.5) is 4.79 Å². The van der Waals surface area contributed by atoms with Crippen LogP contribution in [0.25, 0.3) is 0 Å². The number of rotatable bonds is 4. The van der Waals surface area contributed by atoms with Crippen LogP contribution in [0.3, 0.4) is 0 Å². The number of hydrogen-bond acceptors (Lipinski definition) is 3. The average molecular weight is 247 g/mol. The summed E-state index contributed by atoms with van der Waals surface area (Å²) in [5.74, 6) is 0.324. The molecular weight excluding hydrogens is 230 g/mol. The van der Waals surface area contributed by atoms with Crippen LogP contribution in [0.2, 0.25) is 0 Å². The van der Waals surface area contributed by atoms with Gasteiger partial charge in [0.2, 0.25) is 0 Å². The Labute approximate surface area is 106 Å². The van der Waals surface area contributed by atoms with Gasteiger partial charge in [-0.3, -0.25) is 0 Å². The van der Waals surface area contributed by atoms with Crippen molar-refractivity contribution in [3.63, 3.8) is 0 Å². The summed E-state index contributed by atoms with van der Waals surface area (Å²) in [6.45, 7) is 2.37. The summed E-state index contributed by atoms with van der Waals surface area (Å²) < 4.78 is 5.27. The van der Waals surface area contributed by atoms with Gasteiger partial charge in [-0.2, -0.15) is 4.99 Å². The van der Waals surface area contributed by atoms with Gasteiger partial charge in [-0.15, -0.1) is 0 Å². The first-order valence-corrected chi connectivity index (χ1v) is 5.85. The lowest BCUT2D eigenvalue weighted by Crippen LogP contribution is -2.47. The Hall–Kier alpha value is -1.88. The van der Waals surface area contributed by atoms with Crippen LogP contribution < -0.4 is 5.73 Å². The third-order valence-corrected chi connectivity index (χ3v) is 3.12. The zero-order valence-electron chi connectivity index (χ0n) is 10.5. The summed E-state index contributed by atoms with van der Waals surface area (Å²) in [5.41, 5.74) is 6.84. The molecule has 0 bridgehead atoms. The highest BCUT2D eigenvalue weighted by Crippen LogP contribution is 2.19. The first-order valence-electron chi connectivity index (χ1n) is 5.85. The Balaban J connectivity index is 2.18. The van der Waals surface area contributed by atoms with Gasteiger partial charge >= 0.3 is 6.03 Å². The van der Waals surface area contributed by atoms with E-state index >= 15 is 0 Å². The van der Waals surface area contributed by atoms with Crippen molar-refractivity contribution in [3.05, 3.63) is 35.9 Å². The Bertz CT molecular complexity index is 459. The molecular formula is C13H17N3O2. The molecule has 2 N–H and O–H groups in total. The monoisotopic (exact) mass is 247 g/mol. The molecule has 0 spiro atoms. The lowest BCUT2D eigenvalue weighted by Gasteiger charge is -2.28. The number of urea groups is 1. The second-order valence-electron chi connectivity index (χ2n) is 4.32. The second-order valence-corrected chi connectivity index (χ2v) is 4.32. The molecule has 2 atom stereocenters. The third-order valence-electron chi connectivity index (χ3n) is 3.12. The maximum Gasteiger partial charge on any atom is 0.346 e. The molecule has 5 heteroatoms. The maximum atomic E-state index is 11.8. The van der Waals surface area contributed by atoms with Crippen LogP contribution in [-0.4, -0.2) is 36.0 Å². The average Bonchev–Trinajstić information content (AvgIpc) is 2.65. The van der Waals surface area contributed by atoms with E-state index in [1.54, 1.807) is 12.0 Å². The molecule has 0 saturated carbocycles. The first kappa shape index (κ1) is 12.6. The molecule has 18 heavy (non-hydrogen) atoms. The lowest BCUT2D eigenvalue weighted by atomic mass is 10.1. The van der Waals surface area contributed by atoms with E-state index in [-0.39, 0.29) is 18.2 Å². The Kier molecular flexibility index (Phi) is 3.62. The Morgan fingerprint density at radius 3 is 2.72 bits per heavy atom. The van der Waals surface area contributed by atoms with Crippen molar-refractivity contribution in [2.24, 2.45) is 10.7 Å². The number of ether oxygens (including phenoxy) is 1. The van der Waals surface area contributed by atoms with Crippen LogP contribution >= 0.6 is 0 Å². The van der Waals surface area contributed by atoms with Gasteiger partial charge in [-0.1, -0.05) is 30.3 Å². The molecule has 1 aliphatic heterocycles. The van der Waals surface area contributed by atoms with Gasteiger partial charge in [0.25, 0.3) is 0 Å². The largest absolute Gasteiger partial charge is 0.385 e. The molecule has 1 aromatic carbocycles. The van der Waals surface area contributed by atoms with Crippen molar-refractivity contribution in [3.8, 4) is 0 Å². The van der Waals surface area contributed by atoms with Crippen molar-refractivity contribution < 1.29 is 9.53 Å². The van der Waals surface area contributed by atoms with E-state index in [9.17, 15) is 4.79 Å². The number of amides is 2. The molecule has 0 saturated heterocycles. The minimum atomic E-state index is -0.301. The fourth-order valence-corrected chi connectivity index (χ4v) is 2.09. The van der Waals surface area contributed by atoms with Crippen LogP contribution in [0.5, 0.6) is 0 Å². The van der Waals surface area contributed by atoms with Gasteiger partial charge in [-0.25, -0.2) is 4.79 Å². The van der Waals surface area contributed by atoms with Gasteiger partial charge in [-0.05, 0) is 12.5 Å². The van der Waals surface area contributed by atoms with Crippen LogP contribution in [0.15, 0.2) is 35.3 Å². The topological polar surface area (TPSA) is 67.9 Å². The standard InChI is InChI=1S/C13H17N3O2/c1-9(18-2)11-12(14)15-13(17)16(11)8-10-6-4-3-5-7-10/h3-7,9,11H,8H2,1-2H3,(H2,14,15,17). The van der Waals surface area contributed by atoms with Crippen molar-refractivity contribution in [2.75, 3.05) is 7.11 Å². The zero-order valence-corrected chi connectivity index (χ0v) is 10.5. The number of amidine groups is 1. The number of aliphatic imine (C=N–C) groups is 1. The minimum Gasteiger partial charge on any atom is -0.385 e. The molecule has 2 amide bonds. The van der Waals surface area contributed by atoms with E-state index in [0.717, 1.165) is 5.56 Å². The number of nitrogens with two attached hydrogens (primary N) is 1. The lowest BCUT2D eigenvalue weighted by molar-refractivity contribution is 0.0687. The zero-order chi connectivity index (χ0) is 13.1. The number of carbonyl (C=O) groups excluding carboxylic acids is 1. The SMILES string of the molecule is COC(C)C1C(N)=NC(=O)N1Cc1ccccc1. The molecule has 2 unspecified atom stereocenters. The number of carbonyl (C=O) groups is 1. The molecule has 1 aliphatic rings. The molecule has 5 nitrogen and oxygen atoms in total. The van der Waals surface area contributed by atoms with Gasteiger partial charge < -0.3 is 15.4 Å². The predicted octanol–water partition coefficient (Wildman–Crippen LogP) is 1.38. The number of methoxy groups -OCH3 is 1. The maximum absolute atomic E-state index is 11.8.